The van der Waals surface area contributed by atoms with E-state index in [1.165, 1.54) is 0 Å². The second-order valence-electron chi connectivity index (χ2n) is 4.76. The molecule has 1 unspecified atom stereocenters. The van der Waals surface area contributed by atoms with E-state index < -0.39 is 5.41 Å². The molecular weight excluding hydrogens is 204 g/mol. The molecule has 0 bridgehead atoms. The van der Waals surface area contributed by atoms with Gasteiger partial charge < -0.3 is 15.4 Å². The summed E-state index contributed by atoms with van der Waals surface area (Å²) in [6, 6.07) is 0. The predicted molar refractivity (Wildman–Crippen MR) is 66.2 cm³/mol. The number of amides is 1. The quantitative estimate of drug-likeness (QED) is 0.716. The van der Waals surface area contributed by atoms with E-state index >= 15 is 0 Å². The molecule has 0 saturated heterocycles. The summed E-state index contributed by atoms with van der Waals surface area (Å²) >= 11 is 0. The van der Waals surface area contributed by atoms with Crippen molar-refractivity contribution in [1.29, 1.82) is 0 Å². The van der Waals surface area contributed by atoms with Crippen LogP contribution in [0.15, 0.2) is 0 Å². The number of carbonyl (C=O) groups excluding carboxylic acids is 1. The van der Waals surface area contributed by atoms with Crippen molar-refractivity contribution in [3.63, 3.8) is 0 Å². The average molecular weight is 230 g/mol. The Bertz CT molecular complexity index is 213. The van der Waals surface area contributed by atoms with Crippen LogP contribution in [-0.4, -0.2) is 43.7 Å². The normalized spacial score (nSPS) is 14.9. The maximum absolute atomic E-state index is 12.1. The van der Waals surface area contributed by atoms with Crippen molar-refractivity contribution in [2.75, 3.05) is 26.7 Å². The van der Waals surface area contributed by atoms with E-state index in [1.54, 1.807) is 11.9 Å². The van der Waals surface area contributed by atoms with E-state index in [0.29, 0.717) is 19.7 Å². The van der Waals surface area contributed by atoms with Gasteiger partial charge in [0.1, 0.15) is 0 Å². The second-order valence-corrected chi connectivity index (χ2v) is 4.76. The zero-order valence-electron chi connectivity index (χ0n) is 11.2. The summed E-state index contributed by atoms with van der Waals surface area (Å²) < 4.78 is 5.42. The number of hydrogen-bond acceptors (Lipinski definition) is 3. The fourth-order valence-electron chi connectivity index (χ4n) is 1.37. The van der Waals surface area contributed by atoms with Gasteiger partial charge in [-0.1, -0.05) is 6.92 Å². The Hall–Kier alpha value is -0.610. The minimum absolute atomic E-state index is 0.102. The van der Waals surface area contributed by atoms with Crippen LogP contribution >= 0.6 is 0 Å². The van der Waals surface area contributed by atoms with Gasteiger partial charge in [-0.15, -0.1) is 0 Å². The van der Waals surface area contributed by atoms with Crippen LogP contribution in [-0.2, 0) is 9.53 Å². The lowest BCUT2D eigenvalue weighted by molar-refractivity contribution is -0.140. The number of ether oxygens (including phenoxy) is 1. The molecule has 0 spiro atoms. The Kier molecular flexibility index (Phi) is 6.60. The number of rotatable bonds is 7. The van der Waals surface area contributed by atoms with Gasteiger partial charge in [-0.3, -0.25) is 4.79 Å². The average Bonchev–Trinajstić information content (AvgIpc) is 2.26. The first kappa shape index (κ1) is 15.4. The highest BCUT2D eigenvalue weighted by Gasteiger charge is 2.31. The van der Waals surface area contributed by atoms with Gasteiger partial charge in [0, 0.05) is 20.1 Å². The summed E-state index contributed by atoms with van der Waals surface area (Å²) in [7, 11) is 1.80. The second kappa shape index (κ2) is 6.86. The van der Waals surface area contributed by atoms with E-state index in [1.807, 2.05) is 27.7 Å². The smallest absolute Gasteiger partial charge is 0.229 e. The molecule has 0 aromatic carbocycles. The van der Waals surface area contributed by atoms with Crippen molar-refractivity contribution in [3.8, 4) is 0 Å². The molecule has 2 N–H and O–H groups in total. The SMILES string of the molecule is CCC(C)(CN)C(=O)N(C)CCOC(C)C. The minimum Gasteiger partial charge on any atom is -0.377 e. The van der Waals surface area contributed by atoms with Gasteiger partial charge in [0.15, 0.2) is 0 Å². The van der Waals surface area contributed by atoms with E-state index in [0.717, 1.165) is 6.42 Å². The van der Waals surface area contributed by atoms with Gasteiger partial charge in [-0.2, -0.15) is 0 Å². The van der Waals surface area contributed by atoms with Crippen molar-refractivity contribution < 1.29 is 9.53 Å². The number of nitrogens with zero attached hydrogens (tertiary/aromatic N) is 1. The molecule has 1 atom stereocenters. The molecule has 0 radical (unpaired) electrons. The summed E-state index contributed by atoms with van der Waals surface area (Å²) in [6.45, 7) is 9.45. The van der Waals surface area contributed by atoms with E-state index in [9.17, 15) is 4.79 Å². The van der Waals surface area contributed by atoms with Gasteiger partial charge in [0.05, 0.1) is 18.1 Å². The van der Waals surface area contributed by atoms with Crippen molar-refractivity contribution in [2.24, 2.45) is 11.1 Å². The van der Waals surface area contributed by atoms with Gasteiger partial charge in [-0.25, -0.2) is 0 Å². The Morgan fingerprint density at radius 3 is 2.44 bits per heavy atom. The molecule has 4 heteroatoms. The third-order valence-electron chi connectivity index (χ3n) is 2.97. The predicted octanol–water partition coefficient (Wildman–Crippen LogP) is 1.24. The topological polar surface area (TPSA) is 55.6 Å². The van der Waals surface area contributed by atoms with Gasteiger partial charge in [0.25, 0.3) is 0 Å². The van der Waals surface area contributed by atoms with Crippen LogP contribution in [0.5, 0.6) is 0 Å². The molecule has 0 aliphatic heterocycles. The molecule has 0 fully saturated rings. The summed E-state index contributed by atoms with van der Waals surface area (Å²) in [5.74, 6) is 0.102. The van der Waals surface area contributed by atoms with Gasteiger partial charge in [-0.05, 0) is 27.2 Å². The maximum Gasteiger partial charge on any atom is 0.229 e. The number of hydrogen-bond donors (Lipinski definition) is 1. The highest BCUT2D eigenvalue weighted by Crippen LogP contribution is 2.21. The van der Waals surface area contributed by atoms with Crippen LogP contribution in [0.1, 0.15) is 34.1 Å². The third kappa shape index (κ3) is 4.49. The van der Waals surface area contributed by atoms with Crippen molar-refractivity contribution in [3.05, 3.63) is 0 Å². The first-order valence-corrected chi connectivity index (χ1v) is 5.94. The van der Waals surface area contributed by atoms with Gasteiger partial charge >= 0.3 is 0 Å². The molecule has 0 saturated carbocycles. The molecule has 0 heterocycles. The molecule has 1 amide bonds. The zero-order valence-corrected chi connectivity index (χ0v) is 11.2. The standard InChI is InChI=1S/C12H26N2O2/c1-6-12(4,9-13)11(15)14(5)7-8-16-10(2)3/h10H,6-9,13H2,1-5H3. The monoisotopic (exact) mass is 230 g/mol. The fourth-order valence-corrected chi connectivity index (χ4v) is 1.37. The van der Waals surface area contributed by atoms with Crippen molar-refractivity contribution in [2.45, 2.75) is 40.2 Å². The van der Waals surface area contributed by atoms with Crippen LogP contribution in [0.3, 0.4) is 0 Å². The Morgan fingerprint density at radius 2 is 2.06 bits per heavy atom. The summed E-state index contributed by atoms with van der Waals surface area (Å²) in [5.41, 5.74) is 5.22. The lowest BCUT2D eigenvalue weighted by atomic mass is 9.86. The summed E-state index contributed by atoms with van der Waals surface area (Å²) in [4.78, 5) is 13.8. The molecule has 0 aliphatic carbocycles. The van der Waals surface area contributed by atoms with Crippen LogP contribution in [0.4, 0.5) is 0 Å². The first-order valence-electron chi connectivity index (χ1n) is 5.94. The maximum atomic E-state index is 12.1. The highest BCUT2D eigenvalue weighted by molar-refractivity contribution is 5.82. The van der Waals surface area contributed by atoms with E-state index in [4.69, 9.17) is 10.5 Å². The molecule has 0 aromatic rings. The highest BCUT2D eigenvalue weighted by atomic mass is 16.5. The van der Waals surface area contributed by atoms with Crippen molar-refractivity contribution in [1.82, 2.24) is 4.90 Å². The number of likely N-dealkylation sites (N-methyl/N-ethyl adjacent to an activating group) is 1. The Morgan fingerprint density at radius 1 is 1.50 bits per heavy atom. The Labute approximate surface area is 99.1 Å². The summed E-state index contributed by atoms with van der Waals surface area (Å²) in [6.07, 6.45) is 0.966. The van der Waals surface area contributed by atoms with Gasteiger partial charge in [0.2, 0.25) is 5.91 Å². The number of carbonyl (C=O) groups is 1. The fraction of sp³-hybridized carbons (Fsp3) is 0.917. The summed E-state index contributed by atoms with van der Waals surface area (Å²) in [5, 5.41) is 0. The lowest BCUT2D eigenvalue weighted by Gasteiger charge is -2.30. The number of nitrogens with two attached hydrogens (primary N) is 1. The van der Waals surface area contributed by atoms with Crippen molar-refractivity contribution >= 4 is 5.91 Å². The van der Waals surface area contributed by atoms with Crippen LogP contribution in [0, 0.1) is 5.41 Å². The van der Waals surface area contributed by atoms with Crippen LogP contribution < -0.4 is 5.73 Å². The van der Waals surface area contributed by atoms with E-state index in [2.05, 4.69) is 0 Å². The van der Waals surface area contributed by atoms with Crippen LogP contribution in [0.25, 0.3) is 0 Å². The molecule has 0 aliphatic rings. The Balaban J connectivity index is 4.17. The molecule has 96 valence electrons. The molecule has 0 aromatic heterocycles. The molecule has 0 rings (SSSR count). The molecule has 4 nitrogen and oxygen atoms in total. The largest absolute Gasteiger partial charge is 0.377 e. The minimum atomic E-state index is -0.438. The van der Waals surface area contributed by atoms with Crippen LogP contribution in [0.2, 0.25) is 0 Å². The van der Waals surface area contributed by atoms with E-state index in [-0.39, 0.29) is 12.0 Å². The zero-order chi connectivity index (χ0) is 12.8. The molecular formula is C12H26N2O2. The first-order chi connectivity index (χ1) is 7.37. The lowest BCUT2D eigenvalue weighted by Crippen LogP contribution is -2.45. The molecule has 16 heavy (non-hydrogen) atoms. The third-order valence-corrected chi connectivity index (χ3v) is 2.97.